The van der Waals surface area contributed by atoms with E-state index < -0.39 is 34.9 Å². The Morgan fingerprint density at radius 1 is 1.30 bits per heavy atom. The Hall–Kier alpha value is -2.12. The predicted molar refractivity (Wildman–Crippen MR) is 60.3 cm³/mol. The fraction of sp³-hybridized carbons (Fsp3) is 0.333. The maximum atomic E-state index is 13.0. The van der Waals surface area contributed by atoms with Crippen molar-refractivity contribution >= 4 is 11.8 Å². The zero-order chi connectivity index (χ0) is 14.9. The number of alkyl halides is 3. The monoisotopic (exact) mass is 290 g/mol. The molecule has 1 heterocycles. The number of nitrogens with one attached hydrogen (secondary N) is 1. The highest BCUT2D eigenvalue weighted by atomic mass is 19.4. The van der Waals surface area contributed by atoms with Crippen LogP contribution in [0, 0.1) is 5.82 Å². The minimum absolute atomic E-state index is 0.110. The summed E-state index contributed by atoms with van der Waals surface area (Å²) in [6.45, 7) is -0.0279. The molecule has 1 aromatic rings. The second-order valence-electron chi connectivity index (χ2n) is 4.26. The molecule has 0 bridgehead atoms. The van der Waals surface area contributed by atoms with Crippen molar-refractivity contribution in [3.63, 3.8) is 0 Å². The number of rotatable bonds is 1. The van der Waals surface area contributed by atoms with Crippen LogP contribution >= 0.6 is 0 Å². The van der Waals surface area contributed by atoms with Gasteiger partial charge in [-0.25, -0.2) is 4.39 Å². The van der Waals surface area contributed by atoms with Crippen LogP contribution in [0.5, 0.6) is 0 Å². The highest BCUT2D eigenvalue weighted by Crippen LogP contribution is 2.33. The molecule has 1 aliphatic rings. The van der Waals surface area contributed by atoms with Gasteiger partial charge in [0.15, 0.2) is 0 Å². The van der Waals surface area contributed by atoms with Gasteiger partial charge in [-0.2, -0.15) is 13.2 Å². The second kappa shape index (κ2) is 5.10. The van der Waals surface area contributed by atoms with Gasteiger partial charge in [0.25, 0.3) is 5.91 Å². The zero-order valence-electron chi connectivity index (χ0n) is 10.1. The molecule has 4 nitrogen and oxygen atoms in total. The number of hydrogen-bond donors (Lipinski definition) is 1. The van der Waals surface area contributed by atoms with Crippen molar-refractivity contribution in [1.82, 2.24) is 10.2 Å². The van der Waals surface area contributed by atoms with Crippen LogP contribution in [-0.2, 0) is 11.0 Å². The number of benzene rings is 1. The van der Waals surface area contributed by atoms with E-state index in [0.717, 1.165) is 17.0 Å². The second-order valence-corrected chi connectivity index (χ2v) is 4.26. The molecule has 2 rings (SSSR count). The lowest BCUT2D eigenvalue weighted by Gasteiger charge is -2.27. The Morgan fingerprint density at radius 3 is 2.60 bits per heavy atom. The lowest BCUT2D eigenvalue weighted by Crippen LogP contribution is -2.50. The minimum Gasteiger partial charge on any atom is -0.353 e. The average molecular weight is 290 g/mol. The summed E-state index contributed by atoms with van der Waals surface area (Å²) in [5, 5.41) is 2.46. The fourth-order valence-electron chi connectivity index (χ4n) is 1.92. The van der Waals surface area contributed by atoms with Crippen LogP contribution in [0.15, 0.2) is 18.2 Å². The maximum Gasteiger partial charge on any atom is 0.417 e. The molecule has 0 spiro atoms. The number of hydrogen-bond acceptors (Lipinski definition) is 2. The molecule has 1 N–H and O–H groups in total. The van der Waals surface area contributed by atoms with Crippen LogP contribution in [0.3, 0.4) is 0 Å². The molecule has 1 fully saturated rings. The molecule has 0 aliphatic carbocycles. The van der Waals surface area contributed by atoms with Crippen molar-refractivity contribution < 1.29 is 27.2 Å². The van der Waals surface area contributed by atoms with Gasteiger partial charge in [0, 0.05) is 13.1 Å². The summed E-state index contributed by atoms with van der Waals surface area (Å²) in [6, 6.07) is 1.84. The van der Waals surface area contributed by atoms with E-state index in [0.29, 0.717) is 0 Å². The molecule has 8 heteroatoms. The van der Waals surface area contributed by atoms with Crippen LogP contribution in [0.1, 0.15) is 15.9 Å². The largest absolute Gasteiger partial charge is 0.417 e. The molecule has 0 radical (unpaired) electrons. The quantitative estimate of drug-likeness (QED) is 0.795. The summed E-state index contributed by atoms with van der Waals surface area (Å²) < 4.78 is 51.4. The lowest BCUT2D eigenvalue weighted by molar-refractivity contribution is -0.138. The van der Waals surface area contributed by atoms with Crippen LogP contribution in [-0.4, -0.2) is 36.3 Å². The lowest BCUT2D eigenvalue weighted by atomic mass is 10.1. The predicted octanol–water partition coefficient (Wildman–Crippen LogP) is 1.42. The Bertz CT molecular complexity index is 557. The van der Waals surface area contributed by atoms with E-state index in [1.165, 1.54) is 0 Å². The third kappa shape index (κ3) is 2.89. The van der Waals surface area contributed by atoms with E-state index in [9.17, 15) is 27.2 Å². The Balaban J connectivity index is 2.37. The summed E-state index contributed by atoms with van der Waals surface area (Å²) in [6.07, 6.45) is -4.84. The number of halogens is 4. The first kappa shape index (κ1) is 14.3. The number of piperazine rings is 1. The van der Waals surface area contributed by atoms with E-state index in [4.69, 9.17) is 0 Å². The number of amides is 2. The van der Waals surface area contributed by atoms with Gasteiger partial charge < -0.3 is 10.2 Å². The molecule has 1 saturated heterocycles. The standard InChI is InChI=1S/C12H10F4N2O2/c13-7-1-2-8(9(5-7)12(14,15)16)11(20)18-4-3-17-10(19)6-18/h1-2,5H,3-4,6H2,(H,17,19). The van der Waals surface area contributed by atoms with Crippen molar-refractivity contribution in [3.8, 4) is 0 Å². The smallest absolute Gasteiger partial charge is 0.353 e. The summed E-state index contributed by atoms with van der Waals surface area (Å²) in [7, 11) is 0. The molecule has 1 aliphatic heterocycles. The van der Waals surface area contributed by atoms with Gasteiger partial charge in [0.1, 0.15) is 5.82 Å². The van der Waals surface area contributed by atoms with Gasteiger partial charge in [-0.1, -0.05) is 0 Å². The van der Waals surface area contributed by atoms with Crippen molar-refractivity contribution in [2.24, 2.45) is 0 Å². The van der Waals surface area contributed by atoms with Crippen molar-refractivity contribution in [1.29, 1.82) is 0 Å². The van der Waals surface area contributed by atoms with Gasteiger partial charge in [-0.05, 0) is 18.2 Å². The summed E-state index contributed by atoms with van der Waals surface area (Å²) in [5.41, 5.74) is -2.00. The maximum absolute atomic E-state index is 13.0. The molecule has 1 aromatic carbocycles. The van der Waals surface area contributed by atoms with Crippen LogP contribution in [0.4, 0.5) is 17.6 Å². The Morgan fingerprint density at radius 2 is 2.00 bits per heavy atom. The topological polar surface area (TPSA) is 49.4 Å². The van der Waals surface area contributed by atoms with E-state index in [1.807, 2.05) is 0 Å². The molecule has 0 unspecified atom stereocenters. The number of nitrogens with zero attached hydrogens (tertiary/aromatic N) is 1. The first-order valence-corrected chi connectivity index (χ1v) is 5.72. The average Bonchev–Trinajstić information content (AvgIpc) is 2.37. The molecule has 108 valence electrons. The summed E-state index contributed by atoms with van der Waals surface area (Å²) in [5.74, 6) is -2.46. The van der Waals surface area contributed by atoms with E-state index >= 15 is 0 Å². The number of carbonyl (C=O) groups excluding carboxylic acids is 2. The first-order chi connectivity index (χ1) is 9.29. The van der Waals surface area contributed by atoms with E-state index in [1.54, 1.807) is 0 Å². The summed E-state index contributed by atoms with van der Waals surface area (Å²) >= 11 is 0. The van der Waals surface area contributed by atoms with Gasteiger partial charge in [0.2, 0.25) is 5.91 Å². The molecule has 2 amide bonds. The summed E-state index contributed by atoms with van der Waals surface area (Å²) in [4.78, 5) is 24.2. The Labute approximate surface area is 111 Å². The van der Waals surface area contributed by atoms with Gasteiger partial charge >= 0.3 is 6.18 Å². The Kier molecular flexibility index (Phi) is 3.65. The van der Waals surface area contributed by atoms with Crippen LogP contribution in [0.25, 0.3) is 0 Å². The molecule has 0 saturated carbocycles. The normalized spacial score (nSPS) is 16.0. The fourth-order valence-corrected chi connectivity index (χ4v) is 1.92. The molecule has 20 heavy (non-hydrogen) atoms. The van der Waals surface area contributed by atoms with Gasteiger partial charge in [-0.15, -0.1) is 0 Å². The minimum atomic E-state index is -4.84. The van der Waals surface area contributed by atoms with E-state index in [2.05, 4.69) is 5.32 Å². The highest BCUT2D eigenvalue weighted by molar-refractivity contribution is 5.98. The van der Waals surface area contributed by atoms with Gasteiger partial charge in [-0.3, -0.25) is 9.59 Å². The zero-order valence-corrected chi connectivity index (χ0v) is 10.1. The SMILES string of the molecule is O=C1CN(C(=O)c2ccc(F)cc2C(F)(F)F)CCN1. The van der Waals surface area contributed by atoms with Crippen molar-refractivity contribution in [2.45, 2.75) is 6.18 Å². The highest BCUT2D eigenvalue weighted by Gasteiger charge is 2.37. The molecular formula is C12H10F4N2O2. The molecular weight excluding hydrogens is 280 g/mol. The van der Waals surface area contributed by atoms with Crippen molar-refractivity contribution in [2.75, 3.05) is 19.6 Å². The third-order valence-electron chi connectivity index (χ3n) is 2.84. The molecule has 0 aromatic heterocycles. The molecule has 0 atom stereocenters. The first-order valence-electron chi connectivity index (χ1n) is 5.72. The van der Waals surface area contributed by atoms with Crippen LogP contribution in [0.2, 0.25) is 0 Å². The number of carbonyl (C=O) groups is 2. The third-order valence-corrected chi connectivity index (χ3v) is 2.84. The van der Waals surface area contributed by atoms with Crippen LogP contribution < -0.4 is 5.32 Å². The van der Waals surface area contributed by atoms with E-state index in [-0.39, 0.29) is 25.7 Å². The van der Waals surface area contributed by atoms with Gasteiger partial charge in [0.05, 0.1) is 17.7 Å². The van der Waals surface area contributed by atoms with Crippen molar-refractivity contribution in [3.05, 3.63) is 35.1 Å².